The van der Waals surface area contributed by atoms with Crippen molar-refractivity contribution in [2.75, 3.05) is 12.3 Å². The van der Waals surface area contributed by atoms with E-state index in [9.17, 15) is 4.79 Å². The molecule has 8 heteroatoms. The number of amides is 1. The van der Waals surface area contributed by atoms with E-state index in [2.05, 4.69) is 15.3 Å². The molecular weight excluding hydrogens is 337 g/mol. The summed E-state index contributed by atoms with van der Waals surface area (Å²) in [5, 5.41) is 5.26. The van der Waals surface area contributed by atoms with Crippen LogP contribution >= 0.6 is 46.3 Å². The Morgan fingerprint density at radius 1 is 1.40 bits per heavy atom. The molecule has 0 saturated carbocycles. The normalized spacial score (nSPS) is 10.5. The van der Waals surface area contributed by atoms with Gasteiger partial charge in [-0.15, -0.1) is 11.3 Å². The van der Waals surface area contributed by atoms with Crippen LogP contribution in [0.2, 0.25) is 10.2 Å². The molecule has 1 amide bonds. The van der Waals surface area contributed by atoms with Gasteiger partial charge in [-0.05, 0) is 18.6 Å². The van der Waals surface area contributed by atoms with Crippen molar-refractivity contribution >= 4 is 52.2 Å². The molecule has 0 fully saturated rings. The summed E-state index contributed by atoms with van der Waals surface area (Å²) in [4.78, 5) is 20.0. The number of hydrogen-bond donors (Lipinski definition) is 1. The summed E-state index contributed by atoms with van der Waals surface area (Å²) in [7, 11) is 0. The molecule has 0 spiro atoms. The van der Waals surface area contributed by atoms with Gasteiger partial charge in [-0.1, -0.05) is 35.0 Å². The van der Waals surface area contributed by atoms with Crippen LogP contribution in [-0.4, -0.2) is 28.2 Å². The van der Waals surface area contributed by atoms with E-state index in [1.54, 1.807) is 41.4 Å². The summed E-state index contributed by atoms with van der Waals surface area (Å²) in [6.07, 6.45) is 2.62. The number of carbonyl (C=O) groups is 1. The maximum atomic E-state index is 11.9. The quantitative estimate of drug-likeness (QED) is 0.491. The average molecular weight is 348 g/mol. The Bertz CT molecular complexity index is 578. The Labute approximate surface area is 134 Å². The smallest absolute Gasteiger partial charge is 0.271 e. The Kier molecular flexibility index (Phi) is 6.09. The lowest BCUT2D eigenvalue weighted by Gasteiger charge is -2.05. The maximum absolute atomic E-state index is 11.9. The van der Waals surface area contributed by atoms with Crippen molar-refractivity contribution < 1.29 is 4.79 Å². The zero-order valence-corrected chi connectivity index (χ0v) is 13.5. The Morgan fingerprint density at radius 2 is 2.25 bits per heavy atom. The van der Waals surface area contributed by atoms with Gasteiger partial charge in [-0.25, -0.2) is 9.97 Å². The van der Waals surface area contributed by atoms with Crippen molar-refractivity contribution in [2.24, 2.45) is 0 Å². The molecule has 0 aliphatic carbocycles. The van der Waals surface area contributed by atoms with Gasteiger partial charge < -0.3 is 5.32 Å². The molecule has 0 unspecified atom stereocenters. The lowest BCUT2D eigenvalue weighted by Crippen LogP contribution is -2.26. The molecule has 0 radical (unpaired) electrons. The first-order valence-electron chi connectivity index (χ1n) is 5.79. The minimum Gasteiger partial charge on any atom is -0.351 e. The number of hydrogen-bond acceptors (Lipinski definition) is 5. The Morgan fingerprint density at radius 3 is 3.00 bits per heavy atom. The van der Waals surface area contributed by atoms with Gasteiger partial charge in [0.05, 0.1) is 5.02 Å². The number of carbonyl (C=O) groups excluding carboxylic acids is 1. The van der Waals surface area contributed by atoms with Crippen LogP contribution in [0, 0.1) is 0 Å². The van der Waals surface area contributed by atoms with E-state index in [-0.39, 0.29) is 16.8 Å². The maximum Gasteiger partial charge on any atom is 0.271 e. The average Bonchev–Trinajstić information content (AvgIpc) is 2.94. The number of rotatable bonds is 6. The molecule has 0 bridgehead atoms. The second-order valence-corrected chi connectivity index (χ2v) is 6.75. The molecule has 0 atom stereocenters. The van der Waals surface area contributed by atoms with Gasteiger partial charge in [-0.2, -0.15) is 0 Å². The van der Waals surface area contributed by atoms with Crippen molar-refractivity contribution in [3.8, 4) is 0 Å². The fourth-order valence-corrected chi connectivity index (χ4v) is 3.36. The number of nitrogens with zero attached hydrogens (tertiary/aromatic N) is 2. The summed E-state index contributed by atoms with van der Waals surface area (Å²) < 4.78 is 1.04. The predicted molar refractivity (Wildman–Crippen MR) is 84.0 cm³/mol. The van der Waals surface area contributed by atoms with Crippen LogP contribution in [0.5, 0.6) is 0 Å². The molecule has 1 N–H and O–H groups in total. The highest BCUT2D eigenvalue weighted by Gasteiger charge is 2.12. The first kappa shape index (κ1) is 15.6. The van der Waals surface area contributed by atoms with E-state index in [0.29, 0.717) is 11.6 Å². The van der Waals surface area contributed by atoms with Crippen molar-refractivity contribution in [3.63, 3.8) is 0 Å². The van der Waals surface area contributed by atoms with Gasteiger partial charge in [0.2, 0.25) is 0 Å². The third-order valence-corrected chi connectivity index (χ3v) is 4.84. The van der Waals surface area contributed by atoms with E-state index in [1.165, 1.54) is 0 Å². The molecule has 20 heavy (non-hydrogen) atoms. The second-order valence-electron chi connectivity index (χ2n) is 3.72. The third-order valence-electron chi connectivity index (χ3n) is 2.27. The van der Waals surface area contributed by atoms with E-state index in [1.807, 2.05) is 5.38 Å². The fourth-order valence-electron chi connectivity index (χ4n) is 1.38. The first-order chi connectivity index (χ1) is 9.66. The molecule has 0 aliphatic heterocycles. The van der Waals surface area contributed by atoms with Gasteiger partial charge in [0.25, 0.3) is 5.91 Å². The van der Waals surface area contributed by atoms with Crippen LogP contribution < -0.4 is 5.32 Å². The largest absolute Gasteiger partial charge is 0.351 e. The summed E-state index contributed by atoms with van der Waals surface area (Å²) >= 11 is 14.9. The molecule has 0 saturated heterocycles. The van der Waals surface area contributed by atoms with Crippen LogP contribution in [0.15, 0.2) is 28.0 Å². The first-order valence-corrected chi connectivity index (χ1v) is 8.41. The van der Waals surface area contributed by atoms with Crippen molar-refractivity contribution in [1.82, 2.24) is 15.3 Å². The number of thiazole rings is 1. The van der Waals surface area contributed by atoms with E-state index < -0.39 is 0 Å². The van der Waals surface area contributed by atoms with Crippen LogP contribution in [0.25, 0.3) is 0 Å². The zero-order valence-electron chi connectivity index (χ0n) is 10.3. The number of nitrogens with one attached hydrogen (secondary N) is 1. The van der Waals surface area contributed by atoms with Crippen molar-refractivity contribution in [2.45, 2.75) is 10.8 Å². The van der Waals surface area contributed by atoms with Crippen LogP contribution in [0.4, 0.5) is 0 Å². The summed E-state index contributed by atoms with van der Waals surface area (Å²) in [5.74, 6) is 0.585. The SMILES string of the molecule is O=C(NCCCSc1nccs1)c1nc(Cl)ccc1Cl. The van der Waals surface area contributed by atoms with Gasteiger partial charge in [-0.3, -0.25) is 4.79 Å². The molecule has 0 aliphatic rings. The van der Waals surface area contributed by atoms with Gasteiger partial charge in [0, 0.05) is 23.9 Å². The summed E-state index contributed by atoms with van der Waals surface area (Å²) in [6, 6.07) is 3.11. The van der Waals surface area contributed by atoms with Crippen molar-refractivity contribution in [1.29, 1.82) is 0 Å². The second kappa shape index (κ2) is 7.83. The highest BCUT2D eigenvalue weighted by atomic mass is 35.5. The molecule has 4 nitrogen and oxygen atoms in total. The molecule has 2 heterocycles. The predicted octanol–water partition coefficient (Wildman–Crippen LogP) is 3.76. The fraction of sp³-hybridized carbons (Fsp3) is 0.250. The minimum atomic E-state index is -0.309. The molecular formula is C12H11Cl2N3OS2. The molecule has 2 aromatic heterocycles. The van der Waals surface area contributed by atoms with Crippen LogP contribution in [0.3, 0.4) is 0 Å². The Hall–Kier alpha value is -0.820. The zero-order chi connectivity index (χ0) is 14.4. The standard InChI is InChI=1S/C12H11Cl2N3OS2/c13-8-2-3-9(14)17-10(8)11(18)15-4-1-6-19-12-16-5-7-20-12/h2-3,5,7H,1,4,6H2,(H,15,18). The molecule has 106 valence electrons. The lowest BCUT2D eigenvalue weighted by atomic mass is 10.3. The highest BCUT2D eigenvalue weighted by molar-refractivity contribution is 8.00. The van der Waals surface area contributed by atoms with Gasteiger partial charge >= 0.3 is 0 Å². The molecule has 2 aromatic rings. The van der Waals surface area contributed by atoms with E-state index in [4.69, 9.17) is 23.2 Å². The van der Waals surface area contributed by atoms with Crippen LogP contribution in [-0.2, 0) is 0 Å². The Balaban J connectivity index is 1.73. The topological polar surface area (TPSA) is 54.9 Å². The number of aromatic nitrogens is 2. The molecule has 2 rings (SSSR count). The number of pyridine rings is 1. The highest BCUT2D eigenvalue weighted by Crippen LogP contribution is 2.20. The third kappa shape index (κ3) is 4.63. The van der Waals surface area contributed by atoms with Gasteiger partial charge in [0.15, 0.2) is 0 Å². The minimum absolute atomic E-state index is 0.159. The van der Waals surface area contributed by atoms with E-state index in [0.717, 1.165) is 16.5 Å². The summed E-state index contributed by atoms with van der Waals surface area (Å²) in [5.41, 5.74) is 0.159. The monoisotopic (exact) mass is 347 g/mol. The van der Waals surface area contributed by atoms with E-state index >= 15 is 0 Å². The lowest BCUT2D eigenvalue weighted by molar-refractivity contribution is 0.0949. The summed E-state index contributed by atoms with van der Waals surface area (Å²) in [6.45, 7) is 0.557. The number of thioether (sulfide) groups is 1. The number of halogens is 2. The van der Waals surface area contributed by atoms with Crippen molar-refractivity contribution in [3.05, 3.63) is 39.6 Å². The van der Waals surface area contributed by atoms with Gasteiger partial charge in [0.1, 0.15) is 15.2 Å². The molecule has 0 aromatic carbocycles. The van der Waals surface area contributed by atoms with Crippen LogP contribution in [0.1, 0.15) is 16.9 Å².